The van der Waals surface area contributed by atoms with Crippen molar-refractivity contribution in [2.75, 3.05) is 11.1 Å². The van der Waals surface area contributed by atoms with Gasteiger partial charge in [-0.2, -0.15) is 5.10 Å². The number of hydrogen-bond donors (Lipinski definition) is 1. The van der Waals surface area contributed by atoms with Gasteiger partial charge in [-0.3, -0.25) is 4.79 Å². The van der Waals surface area contributed by atoms with Crippen molar-refractivity contribution in [3.05, 3.63) is 78.2 Å². The average molecular weight is 404 g/mol. The molecule has 1 N–H and O–H groups in total. The molecule has 0 aliphatic rings. The fourth-order valence-electron chi connectivity index (χ4n) is 3.13. The lowest BCUT2D eigenvalue weighted by atomic mass is 10.1. The van der Waals surface area contributed by atoms with Crippen LogP contribution in [0.5, 0.6) is 0 Å². The number of nitrogens with zero attached hydrogens (tertiary/aromatic N) is 4. The van der Waals surface area contributed by atoms with Gasteiger partial charge in [0.15, 0.2) is 5.65 Å². The van der Waals surface area contributed by atoms with E-state index < -0.39 is 0 Å². The molecular formula is C22H21N5OS. The van der Waals surface area contributed by atoms with Crippen molar-refractivity contribution in [1.29, 1.82) is 0 Å². The topological polar surface area (TPSA) is 72.7 Å². The van der Waals surface area contributed by atoms with E-state index in [0.717, 1.165) is 39.3 Å². The molecule has 2 aromatic carbocycles. The summed E-state index contributed by atoms with van der Waals surface area (Å²) in [6.45, 7) is 2.71. The summed E-state index contributed by atoms with van der Waals surface area (Å²) in [6, 6.07) is 18.0. The van der Waals surface area contributed by atoms with Crippen LogP contribution in [0.3, 0.4) is 0 Å². The number of benzene rings is 2. The lowest BCUT2D eigenvalue weighted by Crippen LogP contribution is -2.15. The first-order valence-electron chi connectivity index (χ1n) is 9.45. The van der Waals surface area contributed by atoms with Crippen LogP contribution in [0.1, 0.15) is 18.1 Å². The normalized spacial score (nSPS) is 10.9. The van der Waals surface area contributed by atoms with Gasteiger partial charge in [0, 0.05) is 5.69 Å². The summed E-state index contributed by atoms with van der Waals surface area (Å²) < 4.78 is 1.86. The van der Waals surface area contributed by atoms with Gasteiger partial charge in [0.1, 0.15) is 11.4 Å². The largest absolute Gasteiger partial charge is 0.325 e. The smallest absolute Gasteiger partial charge is 0.234 e. The number of nitrogens with one attached hydrogen (secondary N) is 1. The Morgan fingerprint density at radius 1 is 1.07 bits per heavy atom. The van der Waals surface area contributed by atoms with Crippen molar-refractivity contribution >= 4 is 34.4 Å². The van der Waals surface area contributed by atoms with E-state index in [0.29, 0.717) is 6.54 Å². The zero-order chi connectivity index (χ0) is 20.1. The van der Waals surface area contributed by atoms with Crippen LogP contribution < -0.4 is 5.32 Å². The van der Waals surface area contributed by atoms with Gasteiger partial charge < -0.3 is 5.32 Å². The molecule has 0 aliphatic carbocycles. The minimum Gasteiger partial charge on any atom is -0.325 e. The number of carbonyl (C=O) groups excluding carboxylic acids is 1. The van der Waals surface area contributed by atoms with Gasteiger partial charge in [-0.15, -0.1) is 0 Å². The summed E-state index contributed by atoms with van der Waals surface area (Å²) in [5.74, 6) is 0.216. The molecule has 0 aliphatic heterocycles. The summed E-state index contributed by atoms with van der Waals surface area (Å²) in [4.78, 5) is 21.2. The highest BCUT2D eigenvalue weighted by Crippen LogP contribution is 2.25. The predicted molar refractivity (Wildman–Crippen MR) is 116 cm³/mol. The Labute approximate surface area is 173 Å². The predicted octanol–water partition coefficient (Wildman–Crippen LogP) is 4.17. The van der Waals surface area contributed by atoms with Gasteiger partial charge in [-0.05, 0) is 23.6 Å². The molecule has 0 saturated heterocycles. The van der Waals surface area contributed by atoms with Gasteiger partial charge in [0.25, 0.3) is 0 Å². The number of aromatic nitrogens is 4. The molecule has 0 radical (unpaired) electrons. The summed E-state index contributed by atoms with van der Waals surface area (Å²) in [6.07, 6.45) is 4.17. The van der Waals surface area contributed by atoms with Crippen molar-refractivity contribution in [3.63, 3.8) is 0 Å². The zero-order valence-electron chi connectivity index (χ0n) is 16.1. The molecule has 1 amide bonds. The maximum absolute atomic E-state index is 12.4. The maximum Gasteiger partial charge on any atom is 0.234 e. The van der Waals surface area contributed by atoms with Gasteiger partial charge in [0.2, 0.25) is 5.91 Å². The lowest BCUT2D eigenvalue weighted by Gasteiger charge is -2.09. The van der Waals surface area contributed by atoms with E-state index in [1.807, 2.05) is 47.1 Å². The van der Waals surface area contributed by atoms with E-state index in [1.54, 1.807) is 6.20 Å². The van der Waals surface area contributed by atoms with Gasteiger partial charge in [-0.1, -0.05) is 67.2 Å². The van der Waals surface area contributed by atoms with Crippen molar-refractivity contribution < 1.29 is 4.79 Å². The summed E-state index contributed by atoms with van der Waals surface area (Å²) in [5.41, 5.74) is 3.91. The van der Waals surface area contributed by atoms with E-state index in [4.69, 9.17) is 0 Å². The molecule has 0 saturated carbocycles. The molecule has 0 unspecified atom stereocenters. The first-order chi connectivity index (χ1) is 14.2. The Kier molecular flexibility index (Phi) is 5.86. The van der Waals surface area contributed by atoms with Crippen LogP contribution in [0.4, 0.5) is 5.69 Å². The number of carbonyl (C=O) groups is 1. The first kappa shape index (κ1) is 19.1. The van der Waals surface area contributed by atoms with Crippen LogP contribution >= 0.6 is 11.8 Å². The molecule has 2 heterocycles. The molecule has 0 atom stereocenters. The molecule has 6 nitrogen and oxygen atoms in total. The fourth-order valence-corrected chi connectivity index (χ4v) is 3.89. The third kappa shape index (κ3) is 4.46. The number of para-hydroxylation sites is 1. The van der Waals surface area contributed by atoms with E-state index in [9.17, 15) is 4.79 Å². The SMILES string of the molecule is CCc1ccccc1NC(=O)CSc1ncnc2c1cnn2Cc1ccccc1. The molecule has 29 heavy (non-hydrogen) atoms. The molecule has 7 heteroatoms. The monoisotopic (exact) mass is 403 g/mol. The number of fused-ring (bicyclic) bond motifs is 1. The van der Waals surface area contributed by atoms with Crippen LogP contribution in [0.15, 0.2) is 72.1 Å². The molecule has 0 spiro atoms. The van der Waals surface area contributed by atoms with Crippen molar-refractivity contribution in [2.45, 2.75) is 24.9 Å². The van der Waals surface area contributed by atoms with Crippen LogP contribution in [0, 0.1) is 0 Å². The second-order valence-electron chi connectivity index (χ2n) is 6.55. The quantitative estimate of drug-likeness (QED) is 0.370. The number of amides is 1. The highest BCUT2D eigenvalue weighted by atomic mass is 32.2. The van der Waals surface area contributed by atoms with E-state index >= 15 is 0 Å². The Hall–Kier alpha value is -3.19. The van der Waals surface area contributed by atoms with Crippen LogP contribution in [0.2, 0.25) is 0 Å². The van der Waals surface area contributed by atoms with Crippen LogP contribution in [-0.2, 0) is 17.8 Å². The van der Waals surface area contributed by atoms with Crippen molar-refractivity contribution in [1.82, 2.24) is 19.7 Å². The standard InChI is InChI=1S/C22H21N5OS/c1-2-17-10-6-7-11-19(17)26-20(28)14-29-22-18-12-25-27(21(18)23-15-24-22)13-16-8-4-3-5-9-16/h3-12,15H,2,13-14H2,1H3,(H,26,28). The number of hydrogen-bond acceptors (Lipinski definition) is 5. The third-order valence-electron chi connectivity index (χ3n) is 4.58. The number of rotatable bonds is 7. The number of thioether (sulfide) groups is 1. The van der Waals surface area contributed by atoms with Crippen LogP contribution in [0.25, 0.3) is 11.0 Å². The molecule has 2 aromatic heterocycles. The molecular weight excluding hydrogens is 382 g/mol. The Morgan fingerprint density at radius 3 is 2.69 bits per heavy atom. The lowest BCUT2D eigenvalue weighted by molar-refractivity contribution is -0.113. The fraction of sp³-hybridized carbons (Fsp3) is 0.182. The Bertz CT molecular complexity index is 1130. The highest BCUT2D eigenvalue weighted by Gasteiger charge is 2.13. The van der Waals surface area contributed by atoms with E-state index in [1.165, 1.54) is 18.1 Å². The minimum atomic E-state index is -0.0562. The zero-order valence-corrected chi connectivity index (χ0v) is 16.9. The van der Waals surface area contributed by atoms with Gasteiger partial charge in [-0.25, -0.2) is 14.6 Å². The molecule has 0 fully saturated rings. The Morgan fingerprint density at radius 2 is 1.86 bits per heavy atom. The number of aryl methyl sites for hydroxylation is 1. The maximum atomic E-state index is 12.4. The summed E-state index contributed by atoms with van der Waals surface area (Å²) in [7, 11) is 0. The molecule has 0 bridgehead atoms. The number of anilines is 1. The van der Waals surface area contributed by atoms with Crippen molar-refractivity contribution in [3.8, 4) is 0 Å². The molecule has 146 valence electrons. The minimum absolute atomic E-state index is 0.0562. The molecule has 4 aromatic rings. The van der Waals surface area contributed by atoms with E-state index in [2.05, 4.69) is 39.4 Å². The molecule has 4 rings (SSSR count). The second kappa shape index (κ2) is 8.87. The van der Waals surface area contributed by atoms with Crippen molar-refractivity contribution in [2.24, 2.45) is 0 Å². The average Bonchev–Trinajstić information content (AvgIpc) is 3.17. The summed E-state index contributed by atoms with van der Waals surface area (Å²) >= 11 is 1.39. The first-order valence-corrected chi connectivity index (χ1v) is 10.4. The second-order valence-corrected chi connectivity index (χ2v) is 7.52. The third-order valence-corrected chi connectivity index (χ3v) is 5.59. The Balaban J connectivity index is 1.46. The summed E-state index contributed by atoms with van der Waals surface area (Å²) in [5, 5.41) is 9.08. The van der Waals surface area contributed by atoms with E-state index in [-0.39, 0.29) is 11.7 Å². The highest BCUT2D eigenvalue weighted by molar-refractivity contribution is 8.00. The van der Waals surface area contributed by atoms with Gasteiger partial charge >= 0.3 is 0 Å². The van der Waals surface area contributed by atoms with Gasteiger partial charge in [0.05, 0.1) is 23.9 Å². The van der Waals surface area contributed by atoms with Crippen LogP contribution in [-0.4, -0.2) is 31.4 Å².